The maximum absolute atomic E-state index is 12.1. The van der Waals surface area contributed by atoms with Gasteiger partial charge in [-0.3, -0.25) is 13.7 Å². The van der Waals surface area contributed by atoms with E-state index < -0.39 is 64.9 Å². The van der Waals surface area contributed by atoms with Crippen LogP contribution in [0.2, 0.25) is 0 Å². The molecule has 57 heavy (non-hydrogen) atoms. The van der Waals surface area contributed by atoms with Crippen LogP contribution in [-0.2, 0) is 50.6 Å². The van der Waals surface area contributed by atoms with Crippen molar-refractivity contribution in [3.05, 3.63) is 94.7 Å². The summed E-state index contributed by atoms with van der Waals surface area (Å²) < 4.78 is 106. The number of rotatable bonds is 15. The van der Waals surface area contributed by atoms with Crippen molar-refractivity contribution < 1.29 is 68.3 Å². The lowest BCUT2D eigenvalue weighted by Gasteiger charge is -2.36. The topological polar surface area (TPSA) is 249 Å². The first-order valence-electron chi connectivity index (χ1n) is 18.0. The number of fused-ring (bicyclic) bond motifs is 6. The molecule has 4 unspecified atom stereocenters. The van der Waals surface area contributed by atoms with E-state index in [1.807, 2.05) is 54.0 Å². The van der Waals surface area contributed by atoms with Gasteiger partial charge in [0.05, 0.1) is 28.5 Å². The normalized spacial score (nSPS) is 24.4. The standard InChI is InChI=1S/C37H44N2O14S4/c1-36-16-6-10-24(34(36)38(20-26(40)22-55(43,44)45)32-14-12-28(18-30(32)36)54-53-52-42)8-4-3-5-9-25-11-7-17-37(2)31-19-29(57(49,50)51)13-15-33(31)39(35(25)37)21-27(41)23-56(46,47)48/h3-5,8-9,12-15,18-19,26-27,40-41H,6-7,10-11,16-17,20-23H2,1-2H3,(H3-,42,43,44,45,46,47,48,49,50,51)/p+1. The van der Waals surface area contributed by atoms with Crippen LogP contribution in [0.4, 0.5) is 11.4 Å². The number of hydrogen-bond donors (Lipinski definition) is 6. The highest BCUT2D eigenvalue weighted by molar-refractivity contribution is 7.94. The zero-order valence-electron chi connectivity index (χ0n) is 31.1. The molecule has 2 aliphatic heterocycles. The number of allylic oxidation sites excluding steroid dienone is 8. The molecule has 0 aromatic heterocycles. The van der Waals surface area contributed by atoms with Crippen LogP contribution in [-0.4, -0.2) is 101 Å². The highest BCUT2D eigenvalue weighted by Crippen LogP contribution is 2.55. The summed E-state index contributed by atoms with van der Waals surface area (Å²) in [5.41, 5.74) is 4.90. The van der Waals surface area contributed by atoms with E-state index in [9.17, 15) is 49.1 Å². The number of anilines is 1. The van der Waals surface area contributed by atoms with Gasteiger partial charge >= 0.3 is 0 Å². The molecule has 0 bridgehead atoms. The van der Waals surface area contributed by atoms with Crippen LogP contribution in [0.25, 0.3) is 0 Å². The number of benzene rings is 2. The number of nitrogens with zero attached hydrogens (tertiary/aromatic N) is 2. The number of aliphatic hydroxyl groups is 2. The first kappa shape index (κ1) is 43.3. The Hall–Kier alpha value is -3.25. The lowest BCUT2D eigenvalue weighted by molar-refractivity contribution is -0.449. The lowest BCUT2D eigenvalue weighted by atomic mass is 9.69. The van der Waals surface area contributed by atoms with Crippen LogP contribution in [0.3, 0.4) is 0 Å². The van der Waals surface area contributed by atoms with E-state index in [-0.39, 0.29) is 18.0 Å². The third-order valence-electron chi connectivity index (χ3n) is 11.0. The maximum Gasteiger partial charge on any atom is 0.294 e. The average molecular weight is 870 g/mol. The van der Waals surface area contributed by atoms with E-state index in [1.165, 1.54) is 18.2 Å². The fourth-order valence-electron chi connectivity index (χ4n) is 8.93. The minimum atomic E-state index is -4.54. The van der Waals surface area contributed by atoms with Gasteiger partial charge in [0.2, 0.25) is 5.69 Å². The van der Waals surface area contributed by atoms with E-state index in [1.54, 1.807) is 11.0 Å². The zero-order valence-corrected chi connectivity index (χ0v) is 34.3. The molecule has 2 aromatic rings. The average Bonchev–Trinajstić information content (AvgIpc) is 3.49. The lowest BCUT2D eigenvalue weighted by Crippen LogP contribution is -2.39. The molecule has 2 heterocycles. The molecule has 1 saturated carbocycles. The molecule has 4 atom stereocenters. The summed E-state index contributed by atoms with van der Waals surface area (Å²) in [6.07, 6.45) is 10.7. The Labute approximate surface area is 335 Å². The second-order valence-electron chi connectivity index (χ2n) is 15.1. The van der Waals surface area contributed by atoms with Crippen molar-refractivity contribution in [2.75, 3.05) is 29.5 Å². The third-order valence-corrected chi connectivity index (χ3v) is 14.1. The Morgan fingerprint density at radius 3 is 2.23 bits per heavy atom. The Morgan fingerprint density at radius 2 is 1.54 bits per heavy atom. The minimum absolute atomic E-state index is 0.110. The third kappa shape index (κ3) is 9.32. The first-order valence-corrected chi connectivity index (χ1v) is 23.4. The van der Waals surface area contributed by atoms with Gasteiger partial charge in [0.1, 0.15) is 17.6 Å². The molecule has 6 rings (SSSR count). The van der Waals surface area contributed by atoms with Crippen LogP contribution in [0, 0.1) is 0 Å². The first-order chi connectivity index (χ1) is 26.6. The predicted molar refractivity (Wildman–Crippen MR) is 211 cm³/mol. The molecule has 4 aliphatic rings. The number of β-amino-alcohol motifs (C(OH)–C–C–N with tert-alkyl or cyclic N) is 2. The summed E-state index contributed by atoms with van der Waals surface area (Å²) >= 11 is 0.805. The summed E-state index contributed by atoms with van der Waals surface area (Å²) in [5.74, 6) is -1.75. The number of hydrogen-bond acceptors (Lipinski definition) is 13. The summed E-state index contributed by atoms with van der Waals surface area (Å²) in [6.45, 7) is 3.68. The molecule has 310 valence electrons. The van der Waals surface area contributed by atoms with Crippen molar-refractivity contribution >= 4 is 59.5 Å². The molecule has 0 radical (unpaired) electrons. The van der Waals surface area contributed by atoms with Gasteiger partial charge in [-0.05, 0) is 93.8 Å². The van der Waals surface area contributed by atoms with Gasteiger partial charge in [-0.2, -0.15) is 29.8 Å². The van der Waals surface area contributed by atoms with Crippen LogP contribution in [0.15, 0.2) is 93.4 Å². The van der Waals surface area contributed by atoms with E-state index in [0.717, 1.165) is 65.1 Å². The van der Waals surface area contributed by atoms with Crippen molar-refractivity contribution in [3.8, 4) is 0 Å². The van der Waals surface area contributed by atoms with E-state index in [2.05, 4.69) is 16.3 Å². The second kappa shape index (κ2) is 16.4. The predicted octanol–water partition coefficient (Wildman–Crippen LogP) is 4.65. The molecule has 2 aromatic carbocycles. The minimum Gasteiger partial charge on any atom is -0.390 e. The quantitative estimate of drug-likeness (QED) is 0.0356. The van der Waals surface area contributed by atoms with Crippen LogP contribution in [0.5, 0.6) is 0 Å². The SMILES string of the molecule is CC12CCCC(/C=C/C=C/C=C3\CCCC4(C)C3=[N+](CC(O)CS(=O)(=O)O)c3ccc(SOOO)cc34)=C1N(CC(O)CS(=O)(=O)O)c1ccc(S(=O)(=O)O)cc12. The Kier molecular flexibility index (Phi) is 12.5. The van der Waals surface area contributed by atoms with Gasteiger partial charge < -0.3 is 15.1 Å². The molecular weight excluding hydrogens is 825 g/mol. The molecule has 20 heteroatoms. The highest BCUT2D eigenvalue weighted by Gasteiger charge is 2.52. The zero-order chi connectivity index (χ0) is 41.6. The van der Waals surface area contributed by atoms with Gasteiger partial charge in [-0.1, -0.05) is 35.4 Å². The Balaban J connectivity index is 1.36. The molecule has 0 spiro atoms. The summed E-state index contributed by atoms with van der Waals surface area (Å²) in [7, 11) is -13.5. The molecule has 2 aliphatic carbocycles. The van der Waals surface area contributed by atoms with Crippen molar-refractivity contribution in [2.45, 2.75) is 85.2 Å². The summed E-state index contributed by atoms with van der Waals surface area (Å²) in [4.78, 5) is 2.09. The van der Waals surface area contributed by atoms with Crippen molar-refractivity contribution in [3.63, 3.8) is 0 Å². The largest absolute Gasteiger partial charge is 0.390 e. The Bertz CT molecular complexity index is 2430. The molecule has 6 N–H and O–H groups in total. The van der Waals surface area contributed by atoms with Gasteiger partial charge in [-0.25, -0.2) is 5.26 Å². The van der Waals surface area contributed by atoms with Crippen molar-refractivity contribution in [1.82, 2.24) is 0 Å². The molecule has 0 amide bonds. The summed E-state index contributed by atoms with van der Waals surface area (Å²) in [5, 5.41) is 34.0. The highest BCUT2D eigenvalue weighted by atomic mass is 32.2. The molecule has 1 fully saturated rings. The summed E-state index contributed by atoms with van der Waals surface area (Å²) in [6, 6.07) is 9.60. The second-order valence-corrected chi connectivity index (χ2v) is 20.3. The van der Waals surface area contributed by atoms with E-state index >= 15 is 0 Å². The number of aliphatic hydroxyl groups excluding tert-OH is 2. The monoisotopic (exact) mass is 869 g/mol. The maximum atomic E-state index is 12.1. The molecule has 16 nitrogen and oxygen atoms in total. The molecular formula is C37H45N2O14S4+. The van der Waals surface area contributed by atoms with Gasteiger partial charge in [0.15, 0.2) is 12.3 Å². The van der Waals surface area contributed by atoms with E-state index in [4.69, 9.17) is 5.26 Å². The fraction of sp³-hybridized carbons (Fsp3) is 0.432. The van der Waals surface area contributed by atoms with E-state index in [0.29, 0.717) is 35.4 Å². The van der Waals surface area contributed by atoms with Gasteiger partial charge in [0.25, 0.3) is 30.4 Å². The smallest absolute Gasteiger partial charge is 0.294 e. The van der Waals surface area contributed by atoms with Gasteiger partial charge in [-0.15, -0.1) is 4.33 Å². The Morgan fingerprint density at radius 1 is 0.860 bits per heavy atom. The van der Waals surface area contributed by atoms with Gasteiger partial charge in [0, 0.05) is 45.4 Å². The van der Waals surface area contributed by atoms with Crippen LogP contribution in [0.1, 0.15) is 63.5 Å². The fourth-order valence-corrected chi connectivity index (χ4v) is 11.0. The van der Waals surface area contributed by atoms with Crippen LogP contribution < -0.4 is 4.90 Å². The molecule has 0 saturated heterocycles. The van der Waals surface area contributed by atoms with Crippen molar-refractivity contribution in [2.24, 2.45) is 0 Å². The van der Waals surface area contributed by atoms with Crippen LogP contribution >= 0.6 is 12.0 Å². The van der Waals surface area contributed by atoms with Crippen molar-refractivity contribution in [1.29, 1.82) is 0 Å².